The van der Waals surface area contributed by atoms with E-state index in [1.165, 1.54) is 6.92 Å². The van der Waals surface area contributed by atoms with Gasteiger partial charge in [0.25, 0.3) is 0 Å². The van der Waals surface area contributed by atoms with Gasteiger partial charge in [-0.05, 0) is 12.8 Å². The van der Waals surface area contributed by atoms with E-state index in [0.29, 0.717) is 12.3 Å². The zero-order chi connectivity index (χ0) is 13.1. The maximum absolute atomic E-state index is 10.1. The molecule has 0 saturated carbocycles. The van der Waals surface area contributed by atoms with Gasteiger partial charge in [0.1, 0.15) is 5.78 Å². The maximum atomic E-state index is 10.1. The standard InChI is InChI=1S/C6H12O2.C5H8O3/c1-3-5(2)4-6(7)8;1-4(6)2-3-5(7)8/h5H,3-4H2,1-2H3,(H,7,8);2-3H2,1H3,(H,7,8). The van der Waals surface area contributed by atoms with Gasteiger partial charge < -0.3 is 15.0 Å². The molecule has 0 aromatic carbocycles. The van der Waals surface area contributed by atoms with E-state index in [9.17, 15) is 14.4 Å². The normalized spacial score (nSPS) is 10.9. The van der Waals surface area contributed by atoms with Crippen molar-refractivity contribution in [3.05, 3.63) is 0 Å². The van der Waals surface area contributed by atoms with Crippen LogP contribution in [0.4, 0.5) is 0 Å². The van der Waals surface area contributed by atoms with Crippen LogP contribution in [0.15, 0.2) is 0 Å². The third-order valence-corrected chi connectivity index (χ3v) is 1.91. The van der Waals surface area contributed by atoms with E-state index in [2.05, 4.69) is 0 Å². The van der Waals surface area contributed by atoms with Gasteiger partial charge >= 0.3 is 11.9 Å². The van der Waals surface area contributed by atoms with Gasteiger partial charge in [-0.2, -0.15) is 0 Å². The number of carboxylic acid groups (broad SMARTS) is 2. The zero-order valence-corrected chi connectivity index (χ0v) is 10.0. The van der Waals surface area contributed by atoms with Crippen LogP contribution in [0.1, 0.15) is 46.5 Å². The van der Waals surface area contributed by atoms with Crippen LogP contribution in [-0.4, -0.2) is 27.9 Å². The minimum absolute atomic E-state index is 0.0463. The molecule has 1 atom stereocenters. The Labute approximate surface area is 95.5 Å². The maximum Gasteiger partial charge on any atom is 0.303 e. The molecule has 0 fully saturated rings. The molecule has 2 N–H and O–H groups in total. The molecular formula is C11H20O5. The van der Waals surface area contributed by atoms with E-state index < -0.39 is 11.9 Å². The molecule has 16 heavy (non-hydrogen) atoms. The van der Waals surface area contributed by atoms with E-state index in [0.717, 1.165) is 6.42 Å². The predicted octanol–water partition coefficient (Wildman–Crippen LogP) is 1.95. The molecular weight excluding hydrogens is 212 g/mol. The molecule has 0 heterocycles. The Balaban J connectivity index is 0. The van der Waals surface area contributed by atoms with Crippen LogP contribution in [0, 0.1) is 5.92 Å². The zero-order valence-electron chi connectivity index (χ0n) is 10.0. The highest BCUT2D eigenvalue weighted by molar-refractivity contribution is 5.80. The van der Waals surface area contributed by atoms with E-state index >= 15 is 0 Å². The fourth-order valence-corrected chi connectivity index (χ4v) is 0.725. The van der Waals surface area contributed by atoms with Crippen molar-refractivity contribution >= 4 is 17.7 Å². The minimum Gasteiger partial charge on any atom is -0.481 e. The summed E-state index contributed by atoms with van der Waals surface area (Å²) in [6.07, 6.45) is 1.35. The summed E-state index contributed by atoms with van der Waals surface area (Å²) in [4.78, 5) is 29.8. The largest absolute Gasteiger partial charge is 0.481 e. The van der Waals surface area contributed by atoms with Crippen molar-refractivity contribution < 1.29 is 24.6 Å². The molecule has 0 aromatic rings. The lowest BCUT2D eigenvalue weighted by atomic mass is 10.1. The van der Waals surface area contributed by atoms with Crippen molar-refractivity contribution in [2.75, 3.05) is 0 Å². The van der Waals surface area contributed by atoms with Crippen LogP contribution in [0.25, 0.3) is 0 Å². The third kappa shape index (κ3) is 18.4. The van der Waals surface area contributed by atoms with Crippen molar-refractivity contribution in [1.29, 1.82) is 0 Å². The molecule has 0 aromatic heterocycles. The summed E-state index contributed by atoms with van der Waals surface area (Å²) in [7, 11) is 0. The van der Waals surface area contributed by atoms with Crippen molar-refractivity contribution in [3.8, 4) is 0 Å². The van der Waals surface area contributed by atoms with Gasteiger partial charge in [0.2, 0.25) is 0 Å². The Kier molecular flexibility index (Phi) is 10.8. The summed E-state index contributed by atoms with van der Waals surface area (Å²) in [6.45, 7) is 5.31. The second kappa shape index (κ2) is 10.1. The molecule has 0 spiro atoms. The van der Waals surface area contributed by atoms with Gasteiger partial charge in [0.05, 0.1) is 6.42 Å². The average Bonchev–Trinajstić information content (AvgIpc) is 2.14. The predicted molar refractivity (Wildman–Crippen MR) is 59.3 cm³/mol. The molecule has 0 aliphatic heterocycles. The second-order valence-corrected chi connectivity index (χ2v) is 3.71. The average molecular weight is 232 g/mol. The van der Waals surface area contributed by atoms with Crippen LogP contribution in [-0.2, 0) is 14.4 Å². The minimum atomic E-state index is -0.916. The van der Waals surface area contributed by atoms with Gasteiger partial charge in [-0.1, -0.05) is 20.3 Å². The number of carboxylic acids is 2. The van der Waals surface area contributed by atoms with E-state index in [1.807, 2.05) is 13.8 Å². The Morgan fingerprint density at radius 2 is 1.56 bits per heavy atom. The summed E-state index contributed by atoms with van der Waals surface area (Å²) < 4.78 is 0. The number of Topliss-reactive ketones (excluding diaryl/α,β-unsaturated/α-hetero) is 1. The first-order chi connectivity index (χ1) is 7.29. The van der Waals surface area contributed by atoms with E-state index in [4.69, 9.17) is 10.2 Å². The van der Waals surface area contributed by atoms with Crippen LogP contribution in [0.5, 0.6) is 0 Å². The van der Waals surface area contributed by atoms with Gasteiger partial charge in [-0.25, -0.2) is 0 Å². The first-order valence-corrected chi connectivity index (χ1v) is 5.22. The number of hydrogen-bond donors (Lipinski definition) is 2. The highest BCUT2D eigenvalue weighted by Crippen LogP contribution is 2.04. The fourth-order valence-electron chi connectivity index (χ4n) is 0.725. The van der Waals surface area contributed by atoms with Crippen molar-refractivity contribution in [2.45, 2.75) is 46.5 Å². The number of rotatable bonds is 6. The SMILES string of the molecule is CC(=O)CCC(=O)O.CCC(C)CC(=O)O. The topological polar surface area (TPSA) is 91.7 Å². The molecule has 0 saturated heterocycles. The van der Waals surface area contributed by atoms with Crippen molar-refractivity contribution in [1.82, 2.24) is 0 Å². The Hall–Kier alpha value is -1.39. The quantitative estimate of drug-likeness (QED) is 0.730. The Morgan fingerprint density at radius 3 is 1.69 bits per heavy atom. The summed E-state index contributed by atoms with van der Waals surface area (Å²) in [5, 5.41) is 16.2. The molecule has 0 aliphatic rings. The molecule has 1 unspecified atom stereocenters. The third-order valence-electron chi connectivity index (χ3n) is 1.91. The number of carbonyl (C=O) groups is 3. The Morgan fingerprint density at radius 1 is 1.06 bits per heavy atom. The number of aliphatic carboxylic acids is 2. The van der Waals surface area contributed by atoms with Crippen molar-refractivity contribution in [3.63, 3.8) is 0 Å². The molecule has 0 amide bonds. The summed E-state index contributed by atoms with van der Waals surface area (Å²) >= 11 is 0. The number of hydrogen-bond acceptors (Lipinski definition) is 3. The molecule has 0 aliphatic carbocycles. The van der Waals surface area contributed by atoms with E-state index in [-0.39, 0.29) is 18.6 Å². The number of carbonyl (C=O) groups excluding carboxylic acids is 1. The van der Waals surface area contributed by atoms with Gasteiger partial charge in [0, 0.05) is 12.8 Å². The van der Waals surface area contributed by atoms with Gasteiger partial charge in [0.15, 0.2) is 0 Å². The molecule has 0 rings (SSSR count). The Bertz CT molecular complexity index is 221. The van der Waals surface area contributed by atoms with Crippen molar-refractivity contribution in [2.24, 2.45) is 5.92 Å². The summed E-state index contributed by atoms with van der Waals surface area (Å²) in [6, 6.07) is 0. The molecule has 5 nitrogen and oxygen atoms in total. The molecule has 5 heteroatoms. The lowest BCUT2D eigenvalue weighted by Crippen LogP contribution is -2.02. The lowest BCUT2D eigenvalue weighted by molar-refractivity contribution is -0.139. The van der Waals surface area contributed by atoms with Crippen LogP contribution < -0.4 is 0 Å². The smallest absolute Gasteiger partial charge is 0.303 e. The van der Waals surface area contributed by atoms with Crippen LogP contribution >= 0.6 is 0 Å². The molecule has 0 radical (unpaired) electrons. The first-order valence-electron chi connectivity index (χ1n) is 5.22. The summed E-state index contributed by atoms with van der Waals surface area (Å²) in [5.74, 6) is -1.36. The number of ketones is 1. The van der Waals surface area contributed by atoms with E-state index in [1.54, 1.807) is 0 Å². The second-order valence-electron chi connectivity index (χ2n) is 3.71. The highest BCUT2D eigenvalue weighted by Gasteiger charge is 2.02. The fraction of sp³-hybridized carbons (Fsp3) is 0.727. The first kappa shape index (κ1) is 17.0. The monoisotopic (exact) mass is 232 g/mol. The van der Waals surface area contributed by atoms with Crippen LogP contribution in [0.3, 0.4) is 0 Å². The summed E-state index contributed by atoms with van der Waals surface area (Å²) in [5.41, 5.74) is 0. The van der Waals surface area contributed by atoms with Crippen LogP contribution in [0.2, 0.25) is 0 Å². The highest BCUT2D eigenvalue weighted by atomic mass is 16.4. The van der Waals surface area contributed by atoms with Gasteiger partial charge in [-0.15, -0.1) is 0 Å². The lowest BCUT2D eigenvalue weighted by Gasteiger charge is -2.00. The molecule has 94 valence electrons. The van der Waals surface area contributed by atoms with Gasteiger partial charge in [-0.3, -0.25) is 9.59 Å². The molecule has 0 bridgehead atoms.